The number of nitrogens with zero attached hydrogens (tertiary/aromatic N) is 2. The average Bonchev–Trinajstić information content (AvgIpc) is 2.76. The zero-order valence-electron chi connectivity index (χ0n) is 11.6. The Hall–Kier alpha value is -1.95. The van der Waals surface area contributed by atoms with E-state index < -0.39 is 0 Å². The van der Waals surface area contributed by atoms with Crippen LogP contribution in [-0.2, 0) is 9.59 Å². The smallest absolute Gasteiger partial charge is 0.226 e. The summed E-state index contributed by atoms with van der Waals surface area (Å²) in [5.41, 5.74) is 6.30. The van der Waals surface area contributed by atoms with Crippen molar-refractivity contribution < 1.29 is 9.59 Å². The molecule has 6 heteroatoms. The highest BCUT2D eigenvalue weighted by atomic mass is 16.2. The van der Waals surface area contributed by atoms with E-state index in [1.165, 1.54) is 0 Å². The third-order valence-electron chi connectivity index (χ3n) is 3.63. The number of amides is 2. The van der Waals surface area contributed by atoms with Crippen LogP contribution < -0.4 is 11.1 Å². The Bertz CT molecular complexity index is 477. The van der Waals surface area contributed by atoms with E-state index in [0.717, 1.165) is 12.0 Å². The van der Waals surface area contributed by atoms with E-state index in [9.17, 15) is 9.59 Å². The number of carbonyl (C=O) groups excluding carboxylic acids is 2. The van der Waals surface area contributed by atoms with E-state index in [0.29, 0.717) is 13.1 Å². The Kier molecular flexibility index (Phi) is 4.68. The van der Waals surface area contributed by atoms with Crippen molar-refractivity contribution in [1.82, 2.24) is 15.2 Å². The minimum atomic E-state index is -0.366. The molecule has 0 radical (unpaired) electrons. The standard InChI is InChI=1S/C14H20N4O2/c1-18-12(19)8-11(14(20)17-7-3-5-15)13(18)10-4-2-6-16-9-10/h2,4,6,9,11,13H,3,5,7-8,15H2,1H3,(H,17,20). The lowest BCUT2D eigenvalue weighted by atomic mass is 9.94. The highest BCUT2D eigenvalue weighted by Crippen LogP contribution is 2.36. The molecule has 1 saturated heterocycles. The van der Waals surface area contributed by atoms with Gasteiger partial charge in [-0.1, -0.05) is 6.07 Å². The third-order valence-corrected chi connectivity index (χ3v) is 3.63. The predicted octanol–water partition coefficient (Wildman–Crippen LogP) is 0.0660. The Labute approximate surface area is 118 Å². The molecule has 108 valence electrons. The van der Waals surface area contributed by atoms with Gasteiger partial charge in [0.15, 0.2) is 0 Å². The number of pyridine rings is 1. The molecule has 0 saturated carbocycles. The summed E-state index contributed by atoms with van der Waals surface area (Å²) in [7, 11) is 1.73. The van der Waals surface area contributed by atoms with Gasteiger partial charge in [-0.05, 0) is 24.6 Å². The van der Waals surface area contributed by atoms with Crippen LogP contribution in [0.1, 0.15) is 24.4 Å². The van der Waals surface area contributed by atoms with Crippen molar-refractivity contribution in [2.45, 2.75) is 18.9 Å². The Balaban J connectivity index is 2.14. The highest BCUT2D eigenvalue weighted by molar-refractivity contribution is 5.90. The molecule has 1 aliphatic heterocycles. The van der Waals surface area contributed by atoms with Crippen LogP contribution in [0, 0.1) is 5.92 Å². The van der Waals surface area contributed by atoms with Gasteiger partial charge in [-0.15, -0.1) is 0 Å². The highest BCUT2D eigenvalue weighted by Gasteiger charge is 2.42. The zero-order chi connectivity index (χ0) is 14.5. The minimum Gasteiger partial charge on any atom is -0.356 e. The summed E-state index contributed by atoms with van der Waals surface area (Å²) in [6.45, 7) is 1.08. The second-order valence-corrected chi connectivity index (χ2v) is 4.98. The fourth-order valence-corrected chi connectivity index (χ4v) is 2.56. The summed E-state index contributed by atoms with van der Waals surface area (Å²) >= 11 is 0. The molecule has 0 aliphatic carbocycles. The number of aromatic nitrogens is 1. The van der Waals surface area contributed by atoms with Gasteiger partial charge in [0.2, 0.25) is 11.8 Å². The lowest BCUT2D eigenvalue weighted by molar-refractivity contribution is -0.128. The predicted molar refractivity (Wildman–Crippen MR) is 74.5 cm³/mol. The summed E-state index contributed by atoms with van der Waals surface area (Å²) in [5.74, 6) is -0.475. The van der Waals surface area contributed by atoms with Crippen LogP contribution >= 0.6 is 0 Å². The van der Waals surface area contributed by atoms with Gasteiger partial charge in [-0.2, -0.15) is 0 Å². The van der Waals surface area contributed by atoms with Crippen LogP contribution in [0.3, 0.4) is 0 Å². The summed E-state index contributed by atoms with van der Waals surface area (Å²) in [4.78, 5) is 29.9. The van der Waals surface area contributed by atoms with Crippen LogP contribution in [0.15, 0.2) is 24.5 Å². The summed E-state index contributed by atoms with van der Waals surface area (Å²) < 4.78 is 0. The lowest BCUT2D eigenvalue weighted by Crippen LogP contribution is -2.35. The monoisotopic (exact) mass is 276 g/mol. The molecule has 0 aromatic carbocycles. The van der Waals surface area contributed by atoms with E-state index >= 15 is 0 Å². The number of hydrogen-bond donors (Lipinski definition) is 2. The van der Waals surface area contributed by atoms with E-state index in [1.807, 2.05) is 12.1 Å². The molecule has 2 atom stereocenters. The Morgan fingerprint density at radius 2 is 2.40 bits per heavy atom. The first-order valence-corrected chi connectivity index (χ1v) is 6.78. The molecule has 0 bridgehead atoms. The quantitative estimate of drug-likeness (QED) is 0.745. The van der Waals surface area contributed by atoms with E-state index in [1.54, 1.807) is 24.3 Å². The summed E-state index contributed by atoms with van der Waals surface area (Å²) in [6.07, 6.45) is 4.36. The zero-order valence-corrected chi connectivity index (χ0v) is 11.6. The van der Waals surface area contributed by atoms with E-state index in [-0.39, 0.29) is 30.2 Å². The molecule has 2 rings (SSSR count). The maximum absolute atomic E-state index is 12.2. The SMILES string of the molecule is CN1C(=O)CC(C(=O)NCCCN)C1c1cccnc1. The fourth-order valence-electron chi connectivity index (χ4n) is 2.56. The number of likely N-dealkylation sites (tertiary alicyclic amines) is 1. The number of nitrogens with two attached hydrogens (primary N) is 1. The molecule has 1 aromatic heterocycles. The maximum Gasteiger partial charge on any atom is 0.226 e. The van der Waals surface area contributed by atoms with Crippen LogP contribution in [0.5, 0.6) is 0 Å². The van der Waals surface area contributed by atoms with Crippen molar-refractivity contribution in [2.24, 2.45) is 11.7 Å². The molecular formula is C14H20N4O2. The van der Waals surface area contributed by atoms with E-state index in [4.69, 9.17) is 5.73 Å². The van der Waals surface area contributed by atoms with Crippen molar-refractivity contribution in [3.05, 3.63) is 30.1 Å². The Morgan fingerprint density at radius 3 is 3.05 bits per heavy atom. The number of carbonyl (C=O) groups is 2. The first kappa shape index (κ1) is 14.5. The maximum atomic E-state index is 12.2. The summed E-state index contributed by atoms with van der Waals surface area (Å²) in [6, 6.07) is 3.47. The first-order valence-electron chi connectivity index (χ1n) is 6.78. The van der Waals surface area contributed by atoms with Crippen molar-refractivity contribution in [3.63, 3.8) is 0 Å². The van der Waals surface area contributed by atoms with Gasteiger partial charge in [0.05, 0.1) is 12.0 Å². The van der Waals surface area contributed by atoms with Crippen LogP contribution in [0.4, 0.5) is 0 Å². The number of nitrogens with one attached hydrogen (secondary N) is 1. The number of rotatable bonds is 5. The third kappa shape index (κ3) is 2.96. The molecule has 1 aliphatic rings. The molecule has 2 heterocycles. The molecule has 1 fully saturated rings. The second-order valence-electron chi connectivity index (χ2n) is 4.98. The number of hydrogen-bond acceptors (Lipinski definition) is 4. The molecular weight excluding hydrogens is 256 g/mol. The van der Waals surface area contributed by atoms with Gasteiger partial charge in [0.25, 0.3) is 0 Å². The van der Waals surface area contributed by atoms with Gasteiger partial charge < -0.3 is 16.0 Å². The molecule has 6 nitrogen and oxygen atoms in total. The van der Waals surface area contributed by atoms with Crippen molar-refractivity contribution >= 4 is 11.8 Å². The van der Waals surface area contributed by atoms with Gasteiger partial charge in [-0.3, -0.25) is 14.6 Å². The molecule has 3 N–H and O–H groups in total. The van der Waals surface area contributed by atoms with Gasteiger partial charge >= 0.3 is 0 Å². The van der Waals surface area contributed by atoms with Crippen molar-refractivity contribution in [3.8, 4) is 0 Å². The fraction of sp³-hybridized carbons (Fsp3) is 0.500. The molecule has 0 spiro atoms. The molecule has 20 heavy (non-hydrogen) atoms. The first-order chi connectivity index (χ1) is 9.65. The minimum absolute atomic E-state index is 0.0159. The summed E-state index contributed by atoms with van der Waals surface area (Å²) in [5, 5.41) is 2.85. The molecule has 2 unspecified atom stereocenters. The van der Waals surface area contributed by atoms with Gasteiger partial charge in [-0.25, -0.2) is 0 Å². The van der Waals surface area contributed by atoms with Gasteiger partial charge in [0, 0.05) is 32.4 Å². The lowest BCUT2D eigenvalue weighted by Gasteiger charge is -2.24. The molecule has 2 amide bonds. The van der Waals surface area contributed by atoms with Crippen LogP contribution in [0.25, 0.3) is 0 Å². The average molecular weight is 276 g/mol. The van der Waals surface area contributed by atoms with Gasteiger partial charge in [0.1, 0.15) is 0 Å². The largest absolute Gasteiger partial charge is 0.356 e. The topological polar surface area (TPSA) is 88.3 Å². The molecule has 1 aromatic rings. The van der Waals surface area contributed by atoms with Crippen molar-refractivity contribution in [1.29, 1.82) is 0 Å². The Morgan fingerprint density at radius 1 is 1.60 bits per heavy atom. The van der Waals surface area contributed by atoms with E-state index in [2.05, 4.69) is 10.3 Å². The normalized spacial score (nSPS) is 22.1. The van der Waals surface area contributed by atoms with Crippen molar-refractivity contribution in [2.75, 3.05) is 20.1 Å². The van der Waals surface area contributed by atoms with Crippen LogP contribution in [-0.4, -0.2) is 41.8 Å². The van der Waals surface area contributed by atoms with Crippen LogP contribution in [0.2, 0.25) is 0 Å². The second kappa shape index (κ2) is 6.47.